The van der Waals surface area contributed by atoms with E-state index in [0.717, 1.165) is 12.1 Å². The molecule has 1 aliphatic carbocycles. The Balaban J connectivity index is 1.96. The zero-order chi connectivity index (χ0) is 18.0. The Morgan fingerprint density at radius 3 is 3.04 bits per heavy atom. The molecule has 3 rings (SSSR count). The fourth-order valence-electron chi connectivity index (χ4n) is 3.21. The molecule has 0 saturated heterocycles. The van der Waals surface area contributed by atoms with E-state index in [4.69, 9.17) is 35.4 Å². The molecule has 0 aromatic carbocycles. The number of nitrogens with zero attached hydrogens (tertiary/aromatic N) is 3. The number of ketones is 1. The highest BCUT2D eigenvalue weighted by Gasteiger charge is 2.31. The quantitative estimate of drug-likeness (QED) is 0.634. The number of allylic oxidation sites excluding steroid dienone is 1. The van der Waals surface area contributed by atoms with Gasteiger partial charge in [-0.1, -0.05) is 29.3 Å². The normalized spacial score (nSPS) is 16.5. The lowest BCUT2D eigenvalue weighted by molar-refractivity contribution is 0.0903. The maximum atomic E-state index is 12.8. The SMILES string of the molecule is C#CCCCn1ncc2c(N)c3c(nc21)CCC(CC=C(Cl)Cl)C3=O. The number of rotatable bonds is 5. The molecule has 0 aliphatic heterocycles. The van der Waals surface area contributed by atoms with Crippen LogP contribution in [0.15, 0.2) is 16.8 Å². The van der Waals surface area contributed by atoms with Gasteiger partial charge in [-0.3, -0.25) is 4.79 Å². The number of carbonyl (C=O) groups is 1. The molecule has 25 heavy (non-hydrogen) atoms. The number of hydrogen-bond donors (Lipinski definition) is 1. The van der Waals surface area contributed by atoms with Crippen molar-refractivity contribution in [2.75, 3.05) is 5.73 Å². The number of unbranched alkanes of at least 4 members (excludes halogenated alkanes) is 1. The number of fused-ring (bicyclic) bond motifs is 2. The summed E-state index contributed by atoms with van der Waals surface area (Å²) >= 11 is 11.3. The van der Waals surface area contributed by atoms with E-state index in [1.165, 1.54) is 0 Å². The summed E-state index contributed by atoms with van der Waals surface area (Å²) < 4.78 is 1.98. The Labute approximate surface area is 156 Å². The lowest BCUT2D eigenvalue weighted by Gasteiger charge is -2.23. The van der Waals surface area contributed by atoms with Crippen LogP contribution < -0.4 is 5.73 Å². The standard InChI is InChI=1S/C18H18Cl2N4O/c1-2-3-4-9-24-18-12(10-22-24)16(21)15-13(23-18)7-5-11(17(15)25)6-8-14(19)20/h1,8,10-11H,3-7,9H2,(H2,21,23). The number of aryl methyl sites for hydroxylation is 2. The van der Waals surface area contributed by atoms with E-state index >= 15 is 0 Å². The largest absolute Gasteiger partial charge is 0.397 e. The molecule has 7 heteroatoms. The molecule has 2 heterocycles. The third-order valence-corrected chi connectivity index (χ3v) is 4.80. The molecule has 0 amide bonds. The van der Waals surface area contributed by atoms with Crippen LogP contribution in [0.4, 0.5) is 5.69 Å². The molecule has 0 fully saturated rings. The van der Waals surface area contributed by atoms with E-state index in [9.17, 15) is 4.79 Å². The van der Waals surface area contributed by atoms with Gasteiger partial charge < -0.3 is 5.73 Å². The highest BCUT2D eigenvalue weighted by molar-refractivity contribution is 6.55. The van der Waals surface area contributed by atoms with Gasteiger partial charge in [-0.15, -0.1) is 12.3 Å². The van der Waals surface area contributed by atoms with Crippen LogP contribution in [0.25, 0.3) is 11.0 Å². The molecule has 130 valence electrons. The summed E-state index contributed by atoms with van der Waals surface area (Å²) in [6, 6.07) is 0. The maximum Gasteiger partial charge on any atom is 0.170 e. The summed E-state index contributed by atoms with van der Waals surface area (Å²) in [4.78, 5) is 17.5. The second kappa shape index (κ2) is 7.47. The van der Waals surface area contributed by atoms with Crippen molar-refractivity contribution in [2.45, 2.75) is 38.6 Å². The molecule has 2 aromatic rings. The zero-order valence-electron chi connectivity index (χ0n) is 13.6. The first-order chi connectivity index (χ1) is 12.0. The first kappa shape index (κ1) is 17.8. The van der Waals surface area contributed by atoms with E-state index in [-0.39, 0.29) is 16.2 Å². The van der Waals surface area contributed by atoms with Gasteiger partial charge >= 0.3 is 0 Å². The number of terminal acetylenes is 1. The fraction of sp³-hybridized carbons (Fsp3) is 0.389. The van der Waals surface area contributed by atoms with Crippen molar-refractivity contribution >= 4 is 45.7 Å². The van der Waals surface area contributed by atoms with Gasteiger partial charge in [0.15, 0.2) is 11.4 Å². The van der Waals surface area contributed by atoms with Crippen LogP contribution in [-0.4, -0.2) is 20.5 Å². The van der Waals surface area contributed by atoms with E-state index in [2.05, 4.69) is 16.0 Å². The van der Waals surface area contributed by atoms with E-state index in [1.807, 2.05) is 0 Å². The third kappa shape index (κ3) is 3.51. The predicted octanol–water partition coefficient (Wildman–Crippen LogP) is 3.88. The van der Waals surface area contributed by atoms with Gasteiger partial charge in [0, 0.05) is 18.9 Å². The van der Waals surface area contributed by atoms with Crippen LogP contribution in [0.5, 0.6) is 0 Å². The summed E-state index contributed by atoms with van der Waals surface area (Å²) in [7, 11) is 0. The van der Waals surface area contributed by atoms with Gasteiger partial charge in [0.05, 0.1) is 28.5 Å². The Morgan fingerprint density at radius 2 is 2.32 bits per heavy atom. The minimum Gasteiger partial charge on any atom is -0.397 e. The van der Waals surface area contributed by atoms with Gasteiger partial charge in [0.2, 0.25) is 0 Å². The summed E-state index contributed by atoms with van der Waals surface area (Å²) in [5.74, 6) is 2.44. The molecule has 2 aromatic heterocycles. The number of hydrogen-bond acceptors (Lipinski definition) is 4. The van der Waals surface area contributed by atoms with Gasteiger partial charge in [0.1, 0.15) is 4.49 Å². The second-order valence-electron chi connectivity index (χ2n) is 6.09. The number of halogens is 2. The van der Waals surface area contributed by atoms with Crippen LogP contribution in [0, 0.1) is 18.3 Å². The van der Waals surface area contributed by atoms with Crippen molar-refractivity contribution in [3.8, 4) is 12.3 Å². The highest BCUT2D eigenvalue weighted by Crippen LogP contribution is 2.35. The number of anilines is 1. The molecule has 2 N–H and O–H groups in total. The van der Waals surface area contributed by atoms with Crippen molar-refractivity contribution in [3.63, 3.8) is 0 Å². The van der Waals surface area contributed by atoms with Crippen LogP contribution in [0.1, 0.15) is 41.7 Å². The Kier molecular flexibility index (Phi) is 5.31. The van der Waals surface area contributed by atoms with Crippen LogP contribution >= 0.6 is 23.2 Å². The molecule has 0 bridgehead atoms. The Bertz CT molecular complexity index is 891. The molecule has 0 spiro atoms. The topological polar surface area (TPSA) is 73.8 Å². The van der Waals surface area contributed by atoms with Crippen molar-refractivity contribution in [2.24, 2.45) is 5.92 Å². The molecule has 0 radical (unpaired) electrons. The highest BCUT2D eigenvalue weighted by atomic mass is 35.5. The molecular weight excluding hydrogens is 359 g/mol. The van der Waals surface area contributed by atoms with Crippen molar-refractivity contribution in [1.82, 2.24) is 14.8 Å². The minimum atomic E-state index is -0.174. The van der Waals surface area contributed by atoms with Crippen molar-refractivity contribution in [3.05, 3.63) is 28.0 Å². The molecule has 5 nitrogen and oxygen atoms in total. The molecule has 1 aliphatic rings. The van der Waals surface area contributed by atoms with E-state index in [1.54, 1.807) is 17.0 Å². The fourth-order valence-corrected chi connectivity index (χ4v) is 3.39. The Morgan fingerprint density at radius 1 is 1.52 bits per heavy atom. The summed E-state index contributed by atoms with van der Waals surface area (Å²) in [6.45, 7) is 0.675. The molecule has 0 saturated carbocycles. The summed E-state index contributed by atoms with van der Waals surface area (Å²) in [5.41, 5.74) is 8.73. The second-order valence-corrected chi connectivity index (χ2v) is 7.10. The molecule has 1 atom stereocenters. The maximum absolute atomic E-state index is 12.8. The number of Topliss-reactive ketones (excluding diaryl/α,β-unsaturated/α-hetero) is 1. The van der Waals surface area contributed by atoms with Crippen molar-refractivity contribution in [1.29, 1.82) is 0 Å². The monoisotopic (exact) mass is 376 g/mol. The van der Waals surface area contributed by atoms with Gasteiger partial charge in [-0.2, -0.15) is 5.10 Å². The number of carbonyl (C=O) groups excluding carboxylic acids is 1. The zero-order valence-corrected chi connectivity index (χ0v) is 15.1. The van der Waals surface area contributed by atoms with Gasteiger partial charge in [0.25, 0.3) is 0 Å². The third-order valence-electron chi connectivity index (χ3n) is 4.50. The lowest BCUT2D eigenvalue weighted by atomic mass is 9.82. The Hall–Kier alpha value is -2.03. The predicted molar refractivity (Wildman–Crippen MR) is 101 cm³/mol. The average Bonchev–Trinajstić information content (AvgIpc) is 2.98. The minimum absolute atomic E-state index is 0.000866. The lowest BCUT2D eigenvalue weighted by Crippen LogP contribution is -2.25. The average molecular weight is 377 g/mol. The van der Waals surface area contributed by atoms with Crippen LogP contribution in [-0.2, 0) is 13.0 Å². The van der Waals surface area contributed by atoms with E-state index < -0.39 is 0 Å². The van der Waals surface area contributed by atoms with Crippen LogP contribution in [0.2, 0.25) is 0 Å². The summed E-state index contributed by atoms with van der Waals surface area (Å²) in [5, 5.41) is 5.06. The van der Waals surface area contributed by atoms with Gasteiger partial charge in [-0.25, -0.2) is 9.67 Å². The molecule has 1 unspecified atom stereocenters. The van der Waals surface area contributed by atoms with Crippen LogP contribution in [0.3, 0.4) is 0 Å². The number of pyridine rings is 1. The summed E-state index contributed by atoms with van der Waals surface area (Å²) in [6.07, 6.45) is 12.0. The first-order valence-electron chi connectivity index (χ1n) is 8.15. The number of nitrogen functional groups attached to an aromatic ring is 1. The van der Waals surface area contributed by atoms with Gasteiger partial charge in [-0.05, 0) is 25.7 Å². The van der Waals surface area contributed by atoms with E-state index in [0.29, 0.717) is 54.5 Å². The number of aromatic nitrogens is 3. The van der Waals surface area contributed by atoms with Crippen molar-refractivity contribution < 1.29 is 4.79 Å². The molecular formula is C18H18Cl2N4O. The first-order valence-corrected chi connectivity index (χ1v) is 8.91. The number of nitrogens with two attached hydrogens (primary N) is 1. The smallest absolute Gasteiger partial charge is 0.170 e.